The summed E-state index contributed by atoms with van der Waals surface area (Å²) in [6.45, 7) is 8.48. The molecule has 14 heavy (non-hydrogen) atoms. The molecule has 0 fully saturated rings. The lowest BCUT2D eigenvalue weighted by molar-refractivity contribution is 0.513. The number of hydrogen-bond acceptors (Lipinski definition) is 2. The van der Waals surface area contributed by atoms with Crippen LogP contribution in [0.4, 0.5) is 0 Å². The minimum Gasteiger partial charge on any atom is -0.325 e. The molecule has 0 saturated heterocycles. The smallest absolute Gasteiger partial charge is 0.0305 e. The van der Waals surface area contributed by atoms with Gasteiger partial charge in [-0.05, 0) is 43.4 Å². The van der Waals surface area contributed by atoms with Gasteiger partial charge in [0.15, 0.2) is 0 Å². The summed E-state index contributed by atoms with van der Waals surface area (Å²) in [4.78, 5) is 4.16. The zero-order chi connectivity index (χ0) is 10.8. The van der Waals surface area contributed by atoms with Crippen LogP contribution in [0.1, 0.15) is 44.7 Å². The molecule has 2 nitrogen and oxygen atoms in total. The number of nitrogens with two attached hydrogens (primary N) is 1. The van der Waals surface area contributed by atoms with Gasteiger partial charge in [-0.2, -0.15) is 0 Å². The molecule has 1 aromatic rings. The number of rotatable bonds is 3. The van der Waals surface area contributed by atoms with Gasteiger partial charge in [0, 0.05) is 17.9 Å². The predicted molar refractivity (Wildman–Crippen MR) is 60.3 cm³/mol. The van der Waals surface area contributed by atoms with E-state index in [1.165, 1.54) is 11.1 Å². The molecule has 0 atom stereocenters. The zero-order valence-corrected chi connectivity index (χ0v) is 9.54. The Labute approximate surface area is 86.5 Å². The second-order valence-electron chi connectivity index (χ2n) is 4.89. The molecule has 2 heteroatoms. The van der Waals surface area contributed by atoms with E-state index in [-0.39, 0.29) is 5.54 Å². The lowest BCUT2D eigenvalue weighted by Crippen LogP contribution is -2.34. The molecule has 2 N–H and O–H groups in total. The highest BCUT2D eigenvalue weighted by Crippen LogP contribution is 2.21. The van der Waals surface area contributed by atoms with Gasteiger partial charge in [-0.15, -0.1) is 0 Å². The van der Waals surface area contributed by atoms with Crippen LogP contribution < -0.4 is 5.73 Å². The van der Waals surface area contributed by atoms with Crippen molar-refractivity contribution in [1.82, 2.24) is 4.98 Å². The third kappa shape index (κ3) is 3.11. The summed E-state index contributed by atoms with van der Waals surface area (Å²) in [7, 11) is 0. The first-order chi connectivity index (χ1) is 6.40. The summed E-state index contributed by atoms with van der Waals surface area (Å²) in [6.07, 6.45) is 4.70. The Hall–Kier alpha value is -0.890. The Morgan fingerprint density at radius 2 is 2.07 bits per heavy atom. The van der Waals surface area contributed by atoms with E-state index < -0.39 is 0 Å². The first-order valence-corrected chi connectivity index (χ1v) is 5.12. The van der Waals surface area contributed by atoms with Gasteiger partial charge in [0.2, 0.25) is 0 Å². The molecule has 1 aromatic heterocycles. The van der Waals surface area contributed by atoms with E-state index in [0.29, 0.717) is 5.92 Å². The minimum absolute atomic E-state index is 0.148. The van der Waals surface area contributed by atoms with Gasteiger partial charge in [-0.3, -0.25) is 4.98 Å². The van der Waals surface area contributed by atoms with Crippen LogP contribution in [-0.4, -0.2) is 10.5 Å². The Morgan fingerprint density at radius 3 is 2.57 bits per heavy atom. The van der Waals surface area contributed by atoms with E-state index in [2.05, 4.69) is 38.7 Å². The van der Waals surface area contributed by atoms with Crippen molar-refractivity contribution in [2.45, 2.75) is 45.6 Å². The van der Waals surface area contributed by atoms with Gasteiger partial charge in [0.05, 0.1) is 0 Å². The molecular weight excluding hydrogens is 172 g/mol. The van der Waals surface area contributed by atoms with Gasteiger partial charge in [0.25, 0.3) is 0 Å². The normalized spacial score (nSPS) is 12.1. The molecule has 0 aromatic carbocycles. The van der Waals surface area contributed by atoms with Crippen LogP contribution in [0.15, 0.2) is 18.5 Å². The van der Waals surface area contributed by atoms with E-state index in [9.17, 15) is 0 Å². The maximum absolute atomic E-state index is 6.02. The van der Waals surface area contributed by atoms with Crippen LogP contribution in [0.5, 0.6) is 0 Å². The highest BCUT2D eigenvalue weighted by Gasteiger charge is 2.15. The fourth-order valence-corrected chi connectivity index (χ4v) is 1.61. The average molecular weight is 192 g/mol. The van der Waals surface area contributed by atoms with E-state index in [0.717, 1.165) is 6.42 Å². The molecule has 0 unspecified atom stereocenters. The predicted octanol–water partition coefficient (Wildman–Crippen LogP) is 2.48. The van der Waals surface area contributed by atoms with Crippen molar-refractivity contribution < 1.29 is 0 Å². The Bertz CT molecular complexity index is 297. The monoisotopic (exact) mass is 192 g/mol. The molecule has 0 amide bonds. The molecule has 0 bridgehead atoms. The third-order valence-electron chi connectivity index (χ3n) is 2.21. The van der Waals surface area contributed by atoms with E-state index in [1.807, 2.05) is 12.4 Å². The number of pyridine rings is 1. The van der Waals surface area contributed by atoms with E-state index in [4.69, 9.17) is 5.73 Å². The molecule has 78 valence electrons. The van der Waals surface area contributed by atoms with Crippen LogP contribution >= 0.6 is 0 Å². The number of hydrogen-bond donors (Lipinski definition) is 1. The summed E-state index contributed by atoms with van der Waals surface area (Å²) in [6, 6.07) is 2.07. The van der Waals surface area contributed by atoms with Gasteiger partial charge < -0.3 is 5.73 Å². The topological polar surface area (TPSA) is 38.9 Å². The second-order valence-corrected chi connectivity index (χ2v) is 4.89. The second kappa shape index (κ2) is 4.09. The SMILES string of the molecule is CC(C)c1cnccc1CC(C)(C)N. The lowest BCUT2D eigenvalue weighted by Gasteiger charge is -2.21. The van der Waals surface area contributed by atoms with Crippen molar-refractivity contribution in [2.24, 2.45) is 5.73 Å². The standard InChI is InChI=1S/C12H20N2/c1-9(2)11-8-14-6-5-10(11)7-12(3,4)13/h5-6,8-9H,7,13H2,1-4H3. The average Bonchev–Trinajstić information content (AvgIpc) is 2.01. The molecule has 0 spiro atoms. The fourth-order valence-electron chi connectivity index (χ4n) is 1.61. The van der Waals surface area contributed by atoms with Crippen molar-refractivity contribution in [2.75, 3.05) is 0 Å². The first kappa shape index (κ1) is 11.2. The fraction of sp³-hybridized carbons (Fsp3) is 0.583. The van der Waals surface area contributed by atoms with E-state index in [1.54, 1.807) is 0 Å². The molecule has 0 aliphatic carbocycles. The molecular formula is C12H20N2. The van der Waals surface area contributed by atoms with E-state index >= 15 is 0 Å². The highest BCUT2D eigenvalue weighted by atomic mass is 14.7. The van der Waals surface area contributed by atoms with Crippen LogP contribution in [0.25, 0.3) is 0 Å². The Kier molecular flexibility index (Phi) is 3.27. The number of nitrogens with zero attached hydrogens (tertiary/aromatic N) is 1. The molecule has 1 rings (SSSR count). The summed E-state index contributed by atoms with van der Waals surface area (Å²) in [5, 5.41) is 0. The van der Waals surface area contributed by atoms with Crippen LogP contribution in [0, 0.1) is 0 Å². The van der Waals surface area contributed by atoms with Crippen LogP contribution in [0.3, 0.4) is 0 Å². The van der Waals surface area contributed by atoms with Crippen molar-refractivity contribution >= 4 is 0 Å². The molecule has 1 heterocycles. The van der Waals surface area contributed by atoms with Crippen molar-refractivity contribution in [1.29, 1.82) is 0 Å². The summed E-state index contributed by atoms with van der Waals surface area (Å²) >= 11 is 0. The van der Waals surface area contributed by atoms with Gasteiger partial charge >= 0.3 is 0 Å². The molecule has 0 aliphatic heterocycles. The van der Waals surface area contributed by atoms with Crippen LogP contribution in [0.2, 0.25) is 0 Å². The molecule has 0 aliphatic rings. The van der Waals surface area contributed by atoms with Gasteiger partial charge in [-0.1, -0.05) is 13.8 Å². The maximum atomic E-state index is 6.02. The first-order valence-electron chi connectivity index (χ1n) is 5.12. The van der Waals surface area contributed by atoms with Gasteiger partial charge in [0.1, 0.15) is 0 Å². The third-order valence-corrected chi connectivity index (χ3v) is 2.21. The molecule has 0 radical (unpaired) electrons. The summed E-state index contributed by atoms with van der Waals surface area (Å²) in [5.41, 5.74) is 8.50. The maximum Gasteiger partial charge on any atom is 0.0305 e. The largest absolute Gasteiger partial charge is 0.325 e. The Morgan fingerprint density at radius 1 is 1.43 bits per heavy atom. The van der Waals surface area contributed by atoms with Crippen LogP contribution in [-0.2, 0) is 6.42 Å². The Balaban J connectivity index is 2.96. The quantitative estimate of drug-likeness (QED) is 0.799. The lowest BCUT2D eigenvalue weighted by atomic mass is 9.90. The van der Waals surface area contributed by atoms with Crippen molar-refractivity contribution in [3.63, 3.8) is 0 Å². The number of aromatic nitrogens is 1. The summed E-state index contributed by atoms with van der Waals surface area (Å²) in [5.74, 6) is 0.515. The summed E-state index contributed by atoms with van der Waals surface area (Å²) < 4.78 is 0. The van der Waals surface area contributed by atoms with Crippen molar-refractivity contribution in [3.05, 3.63) is 29.6 Å². The molecule has 0 saturated carbocycles. The van der Waals surface area contributed by atoms with Gasteiger partial charge in [-0.25, -0.2) is 0 Å². The highest BCUT2D eigenvalue weighted by molar-refractivity contribution is 5.27. The minimum atomic E-state index is -0.148. The van der Waals surface area contributed by atoms with Crippen molar-refractivity contribution in [3.8, 4) is 0 Å². The zero-order valence-electron chi connectivity index (χ0n) is 9.54.